The Balaban J connectivity index is 1.29. The summed E-state index contributed by atoms with van der Waals surface area (Å²) in [6.45, 7) is 1.90. The summed E-state index contributed by atoms with van der Waals surface area (Å²) in [6, 6.07) is 22.2. The molecule has 168 valence electrons. The highest BCUT2D eigenvalue weighted by molar-refractivity contribution is 6.35. The molecule has 5 rings (SSSR count). The van der Waals surface area contributed by atoms with Gasteiger partial charge >= 0.3 is 6.03 Å². The number of benzene rings is 3. The summed E-state index contributed by atoms with van der Waals surface area (Å²) in [6.07, 6.45) is 3.67. The minimum Gasteiger partial charge on any atom is -0.362 e. The van der Waals surface area contributed by atoms with Crippen LogP contribution in [0.25, 0.3) is 22.8 Å². The van der Waals surface area contributed by atoms with Crippen molar-refractivity contribution in [1.29, 1.82) is 0 Å². The number of urea groups is 1. The molecule has 0 spiro atoms. The lowest BCUT2D eigenvalue weighted by molar-refractivity contribution is -0.110. The lowest BCUT2D eigenvalue weighted by atomic mass is 10.00. The maximum atomic E-state index is 12.5. The van der Waals surface area contributed by atoms with Crippen LogP contribution in [0, 0.1) is 6.92 Å². The molecule has 0 saturated heterocycles. The fourth-order valence-electron chi connectivity index (χ4n) is 3.82. The third kappa shape index (κ3) is 4.44. The predicted octanol–water partition coefficient (Wildman–Crippen LogP) is 6.78. The molecule has 0 atom stereocenters. The van der Waals surface area contributed by atoms with Gasteiger partial charge in [0.05, 0.1) is 5.57 Å². The molecule has 4 N–H and O–H groups in total. The maximum Gasteiger partial charge on any atom is 0.323 e. The first-order chi connectivity index (χ1) is 16.5. The van der Waals surface area contributed by atoms with Crippen molar-refractivity contribution in [3.8, 4) is 11.1 Å². The number of fused-ring (bicyclic) bond motifs is 1. The molecule has 0 unspecified atom stereocenters. The molecular formula is C27H21ClN4O2. The van der Waals surface area contributed by atoms with Gasteiger partial charge in [0.25, 0.3) is 5.91 Å². The van der Waals surface area contributed by atoms with E-state index < -0.39 is 0 Å². The molecule has 0 aliphatic carbocycles. The van der Waals surface area contributed by atoms with Gasteiger partial charge in [-0.15, -0.1) is 0 Å². The quantitative estimate of drug-likeness (QED) is 0.249. The number of carbonyl (C=O) groups is 2. The van der Waals surface area contributed by atoms with Gasteiger partial charge in [0.2, 0.25) is 0 Å². The standard InChI is InChI=1S/C27H21ClN4O2/c1-16-4-8-21(15-24(16)28)31-27(34)30-19-9-5-17(6-10-19)18-7-11-22-23(14-20-3-2-12-29-20)26(33)32-25(22)13-18/h2-15,29H,1H3,(H,32,33)(H2,30,31,34)/b23-14-. The van der Waals surface area contributed by atoms with Gasteiger partial charge in [-0.2, -0.15) is 0 Å². The molecule has 7 heteroatoms. The Morgan fingerprint density at radius 2 is 1.65 bits per heavy atom. The molecule has 0 bridgehead atoms. The Labute approximate surface area is 201 Å². The number of hydrogen-bond acceptors (Lipinski definition) is 2. The number of nitrogens with one attached hydrogen (secondary N) is 4. The average Bonchev–Trinajstić information content (AvgIpc) is 3.44. The Morgan fingerprint density at radius 3 is 2.38 bits per heavy atom. The van der Waals surface area contributed by atoms with E-state index in [1.807, 2.05) is 79.9 Å². The van der Waals surface area contributed by atoms with Crippen LogP contribution in [0.2, 0.25) is 5.02 Å². The number of aromatic amines is 1. The Kier molecular flexibility index (Phi) is 5.65. The van der Waals surface area contributed by atoms with Crippen LogP contribution in [0.4, 0.5) is 21.9 Å². The van der Waals surface area contributed by atoms with Gasteiger partial charge in [0.1, 0.15) is 0 Å². The summed E-state index contributed by atoms with van der Waals surface area (Å²) in [5.74, 6) is -0.123. The molecular weight excluding hydrogens is 448 g/mol. The Morgan fingerprint density at radius 1 is 0.912 bits per heavy atom. The van der Waals surface area contributed by atoms with E-state index in [9.17, 15) is 9.59 Å². The van der Waals surface area contributed by atoms with Crippen molar-refractivity contribution < 1.29 is 9.59 Å². The summed E-state index contributed by atoms with van der Waals surface area (Å²) in [7, 11) is 0. The summed E-state index contributed by atoms with van der Waals surface area (Å²) in [5.41, 5.74) is 7.31. The van der Waals surface area contributed by atoms with Gasteiger partial charge in [-0.1, -0.05) is 41.9 Å². The van der Waals surface area contributed by atoms with Gasteiger partial charge in [-0.25, -0.2) is 4.79 Å². The van der Waals surface area contributed by atoms with Gasteiger partial charge < -0.3 is 20.9 Å². The number of anilines is 3. The predicted molar refractivity (Wildman–Crippen MR) is 138 cm³/mol. The first-order valence-corrected chi connectivity index (χ1v) is 11.1. The first-order valence-electron chi connectivity index (χ1n) is 10.7. The summed E-state index contributed by atoms with van der Waals surface area (Å²) < 4.78 is 0. The highest BCUT2D eigenvalue weighted by Gasteiger charge is 2.24. The minimum absolute atomic E-state index is 0.123. The van der Waals surface area contributed by atoms with E-state index in [1.54, 1.807) is 12.1 Å². The zero-order valence-corrected chi connectivity index (χ0v) is 19.0. The SMILES string of the molecule is Cc1ccc(NC(=O)Nc2ccc(-c3ccc4c(c3)NC(=O)/C4=C\c3ccc[nH]3)cc2)cc1Cl. The van der Waals surface area contributed by atoms with Crippen molar-refractivity contribution in [2.45, 2.75) is 6.92 Å². The monoisotopic (exact) mass is 468 g/mol. The van der Waals surface area contributed by atoms with Crippen LogP contribution < -0.4 is 16.0 Å². The van der Waals surface area contributed by atoms with Gasteiger partial charge in [-0.3, -0.25) is 4.79 Å². The summed E-state index contributed by atoms with van der Waals surface area (Å²) in [4.78, 5) is 27.9. The van der Waals surface area contributed by atoms with Crippen molar-refractivity contribution in [3.63, 3.8) is 0 Å². The molecule has 2 heterocycles. The van der Waals surface area contributed by atoms with Crippen LogP contribution in [-0.2, 0) is 4.79 Å². The third-order valence-electron chi connectivity index (χ3n) is 5.63. The maximum absolute atomic E-state index is 12.5. The van der Waals surface area contributed by atoms with E-state index in [4.69, 9.17) is 11.6 Å². The van der Waals surface area contributed by atoms with E-state index in [2.05, 4.69) is 20.9 Å². The van der Waals surface area contributed by atoms with Crippen molar-refractivity contribution >= 4 is 52.3 Å². The van der Waals surface area contributed by atoms with Crippen LogP contribution >= 0.6 is 11.6 Å². The smallest absolute Gasteiger partial charge is 0.323 e. The van der Waals surface area contributed by atoms with Crippen LogP contribution in [0.3, 0.4) is 0 Å². The summed E-state index contributed by atoms with van der Waals surface area (Å²) in [5, 5.41) is 9.13. The second-order valence-corrected chi connectivity index (χ2v) is 8.43. The third-order valence-corrected chi connectivity index (χ3v) is 6.04. The van der Waals surface area contributed by atoms with Gasteiger partial charge in [0.15, 0.2) is 0 Å². The number of aryl methyl sites for hydroxylation is 1. The Hall–Kier alpha value is -4.29. The number of hydrogen-bond donors (Lipinski definition) is 4. The number of carbonyl (C=O) groups excluding carboxylic acids is 2. The minimum atomic E-state index is -0.353. The number of H-pyrrole nitrogens is 1. The first kappa shape index (κ1) is 21.6. The van der Waals surface area contributed by atoms with Gasteiger partial charge in [0, 0.05) is 39.5 Å². The highest BCUT2D eigenvalue weighted by atomic mass is 35.5. The highest BCUT2D eigenvalue weighted by Crippen LogP contribution is 2.36. The molecule has 0 saturated carbocycles. The molecule has 34 heavy (non-hydrogen) atoms. The molecule has 6 nitrogen and oxygen atoms in total. The van der Waals surface area contributed by atoms with Crippen LogP contribution in [0.5, 0.6) is 0 Å². The molecule has 3 aromatic carbocycles. The Bertz CT molecular complexity index is 1420. The molecule has 1 aliphatic rings. The fraction of sp³-hybridized carbons (Fsp3) is 0.0370. The summed E-state index contributed by atoms with van der Waals surface area (Å²) >= 11 is 6.12. The molecule has 0 radical (unpaired) electrons. The fourth-order valence-corrected chi connectivity index (χ4v) is 4.00. The van der Waals surface area contributed by atoms with Crippen LogP contribution in [-0.4, -0.2) is 16.9 Å². The van der Waals surface area contributed by atoms with E-state index in [1.165, 1.54) is 0 Å². The average molecular weight is 469 g/mol. The van der Waals surface area contributed by atoms with Crippen molar-refractivity contribution in [3.05, 3.63) is 101 Å². The van der Waals surface area contributed by atoms with E-state index in [0.29, 0.717) is 22.0 Å². The van der Waals surface area contributed by atoms with Crippen molar-refractivity contribution in [1.82, 2.24) is 4.98 Å². The molecule has 0 fully saturated rings. The molecule has 1 aliphatic heterocycles. The zero-order chi connectivity index (χ0) is 23.7. The lowest BCUT2D eigenvalue weighted by Crippen LogP contribution is -2.19. The van der Waals surface area contributed by atoms with E-state index >= 15 is 0 Å². The number of rotatable bonds is 4. The lowest BCUT2D eigenvalue weighted by Gasteiger charge is -2.10. The second kappa shape index (κ2) is 8.92. The normalized spacial score (nSPS) is 13.5. The largest absolute Gasteiger partial charge is 0.362 e. The number of amides is 3. The zero-order valence-electron chi connectivity index (χ0n) is 18.3. The van der Waals surface area contributed by atoms with Crippen molar-refractivity contribution in [2.24, 2.45) is 0 Å². The van der Waals surface area contributed by atoms with E-state index in [0.717, 1.165) is 33.6 Å². The van der Waals surface area contributed by atoms with E-state index in [-0.39, 0.29) is 11.9 Å². The number of halogens is 1. The van der Waals surface area contributed by atoms with Crippen LogP contribution in [0.15, 0.2) is 79.0 Å². The molecule has 3 amide bonds. The number of aromatic nitrogens is 1. The molecule has 4 aromatic rings. The topological polar surface area (TPSA) is 86.0 Å². The van der Waals surface area contributed by atoms with Gasteiger partial charge in [-0.05, 0) is 72.2 Å². The molecule has 1 aromatic heterocycles. The van der Waals surface area contributed by atoms with Crippen molar-refractivity contribution in [2.75, 3.05) is 16.0 Å². The van der Waals surface area contributed by atoms with Crippen LogP contribution in [0.1, 0.15) is 16.8 Å². The second-order valence-electron chi connectivity index (χ2n) is 8.02.